The fourth-order valence-electron chi connectivity index (χ4n) is 3.82. The monoisotopic (exact) mass is 399 g/mol. The van der Waals surface area contributed by atoms with Gasteiger partial charge < -0.3 is 0 Å². The average Bonchev–Trinajstić information content (AvgIpc) is 2.73. The molecule has 3 aromatic rings. The molecule has 9 heteroatoms. The molecule has 0 spiro atoms. The van der Waals surface area contributed by atoms with Crippen LogP contribution in [0.15, 0.2) is 41.5 Å². The summed E-state index contributed by atoms with van der Waals surface area (Å²) in [5, 5.41) is 8.95. The van der Waals surface area contributed by atoms with Crippen LogP contribution < -0.4 is 5.56 Å². The third kappa shape index (κ3) is 3.58. The van der Waals surface area contributed by atoms with Gasteiger partial charge in [-0.05, 0) is 49.9 Å². The molecule has 0 unspecified atom stereocenters. The molecule has 0 aromatic carbocycles. The van der Waals surface area contributed by atoms with E-state index in [1.54, 1.807) is 18.2 Å². The van der Waals surface area contributed by atoms with Crippen LogP contribution in [-0.4, -0.2) is 25.7 Å². The van der Waals surface area contributed by atoms with Crippen molar-refractivity contribution in [3.63, 3.8) is 0 Å². The Kier molecular flexibility index (Phi) is 4.78. The lowest BCUT2D eigenvalue weighted by Crippen LogP contribution is -2.31. The minimum absolute atomic E-state index is 0.000728. The molecule has 6 nitrogen and oxygen atoms in total. The second-order valence-corrected chi connectivity index (χ2v) is 7.09. The van der Waals surface area contributed by atoms with Crippen molar-refractivity contribution in [1.29, 1.82) is 5.26 Å². The molecule has 29 heavy (non-hydrogen) atoms. The maximum absolute atomic E-state index is 13.2. The van der Waals surface area contributed by atoms with Gasteiger partial charge in [0.05, 0.1) is 23.3 Å². The molecule has 1 fully saturated rings. The van der Waals surface area contributed by atoms with E-state index in [-0.39, 0.29) is 42.8 Å². The Hall–Kier alpha value is -3.28. The predicted molar refractivity (Wildman–Crippen MR) is 98.4 cm³/mol. The fraction of sp³-hybridized carbons (Fsp3) is 0.350. The molecule has 0 radical (unpaired) electrons. The minimum Gasteiger partial charge on any atom is -0.266 e. The van der Waals surface area contributed by atoms with Gasteiger partial charge in [0.1, 0.15) is 17.6 Å². The number of halogens is 3. The topological polar surface area (TPSA) is 84.5 Å². The summed E-state index contributed by atoms with van der Waals surface area (Å²) in [6.07, 6.45) is -0.760. The molecule has 0 bridgehead atoms. The first-order chi connectivity index (χ1) is 13.9. The number of fused-ring (bicyclic) bond motifs is 1. The lowest BCUT2D eigenvalue weighted by atomic mass is 9.81. The fourth-order valence-corrected chi connectivity index (χ4v) is 3.82. The minimum atomic E-state index is -4.21. The highest BCUT2D eigenvalue weighted by Gasteiger charge is 2.42. The van der Waals surface area contributed by atoms with Gasteiger partial charge in [0.15, 0.2) is 5.52 Å². The Morgan fingerprint density at radius 3 is 2.48 bits per heavy atom. The van der Waals surface area contributed by atoms with Crippen molar-refractivity contribution >= 4 is 11.0 Å². The van der Waals surface area contributed by atoms with Gasteiger partial charge in [-0.2, -0.15) is 18.4 Å². The van der Waals surface area contributed by atoms with E-state index < -0.39 is 17.7 Å². The van der Waals surface area contributed by atoms with Gasteiger partial charge in [0.25, 0.3) is 5.56 Å². The summed E-state index contributed by atoms with van der Waals surface area (Å²) < 4.78 is 40.5. The Labute approximate surface area is 163 Å². The highest BCUT2D eigenvalue weighted by molar-refractivity contribution is 5.73. The number of hydrogen-bond donors (Lipinski definition) is 0. The molecule has 3 aromatic heterocycles. The first-order valence-electron chi connectivity index (χ1n) is 9.19. The zero-order valence-corrected chi connectivity index (χ0v) is 15.2. The van der Waals surface area contributed by atoms with Crippen LogP contribution in [-0.2, 0) is 0 Å². The lowest BCUT2D eigenvalue weighted by molar-refractivity contribution is -0.182. The number of aromatic nitrogens is 4. The zero-order valence-electron chi connectivity index (χ0n) is 15.2. The molecule has 0 aliphatic heterocycles. The van der Waals surface area contributed by atoms with Crippen molar-refractivity contribution in [3.8, 4) is 11.8 Å². The maximum atomic E-state index is 13.2. The Bertz CT molecular complexity index is 1140. The summed E-state index contributed by atoms with van der Waals surface area (Å²) >= 11 is 0. The summed E-state index contributed by atoms with van der Waals surface area (Å²) in [5.41, 5.74) is 0.769. The van der Waals surface area contributed by atoms with Crippen molar-refractivity contribution in [1.82, 2.24) is 19.5 Å². The van der Waals surface area contributed by atoms with Gasteiger partial charge in [-0.1, -0.05) is 0 Å². The van der Waals surface area contributed by atoms with Gasteiger partial charge in [-0.25, -0.2) is 15.0 Å². The molecule has 1 aliphatic rings. The molecule has 0 amide bonds. The summed E-state index contributed by atoms with van der Waals surface area (Å²) in [6.45, 7) is 0. The van der Waals surface area contributed by atoms with E-state index in [9.17, 15) is 18.0 Å². The predicted octanol–water partition coefficient (Wildman–Crippen LogP) is 3.88. The van der Waals surface area contributed by atoms with E-state index in [2.05, 4.69) is 15.0 Å². The number of nitriles is 1. The van der Waals surface area contributed by atoms with Crippen LogP contribution in [0.3, 0.4) is 0 Å². The number of rotatable bonds is 2. The van der Waals surface area contributed by atoms with E-state index >= 15 is 0 Å². The van der Waals surface area contributed by atoms with Crippen LogP contribution in [0.25, 0.3) is 16.7 Å². The van der Waals surface area contributed by atoms with E-state index in [4.69, 9.17) is 5.26 Å². The van der Waals surface area contributed by atoms with E-state index in [1.165, 1.54) is 23.0 Å². The second-order valence-electron chi connectivity index (χ2n) is 7.09. The Morgan fingerprint density at radius 1 is 1.10 bits per heavy atom. The van der Waals surface area contributed by atoms with Crippen LogP contribution in [0.2, 0.25) is 0 Å². The van der Waals surface area contributed by atoms with Crippen molar-refractivity contribution in [3.05, 3.63) is 58.5 Å². The number of nitrogens with zero attached hydrogens (tertiary/aromatic N) is 5. The highest BCUT2D eigenvalue weighted by atomic mass is 19.4. The SMILES string of the molecule is N#Cc1ccc(-n2c(=O)c3ncccc3nc2[C@H]2CC[C@@H](C(F)(F)F)CC2)cn1. The second kappa shape index (κ2) is 7.28. The number of hydrogen-bond acceptors (Lipinski definition) is 5. The van der Waals surface area contributed by atoms with Gasteiger partial charge >= 0.3 is 6.18 Å². The van der Waals surface area contributed by atoms with E-state index in [0.717, 1.165) is 0 Å². The van der Waals surface area contributed by atoms with Crippen molar-refractivity contribution in [2.24, 2.45) is 5.92 Å². The summed E-state index contributed by atoms with van der Waals surface area (Å²) in [4.78, 5) is 25.9. The van der Waals surface area contributed by atoms with Crippen molar-refractivity contribution < 1.29 is 13.2 Å². The number of alkyl halides is 3. The average molecular weight is 399 g/mol. The molecule has 4 rings (SSSR count). The van der Waals surface area contributed by atoms with Gasteiger partial charge in [-0.15, -0.1) is 0 Å². The molecule has 0 saturated heterocycles. The van der Waals surface area contributed by atoms with Crippen LogP contribution in [0, 0.1) is 17.2 Å². The maximum Gasteiger partial charge on any atom is 0.391 e. The molecule has 0 N–H and O–H groups in total. The van der Waals surface area contributed by atoms with Crippen LogP contribution in [0.4, 0.5) is 13.2 Å². The van der Waals surface area contributed by atoms with Crippen LogP contribution >= 0.6 is 0 Å². The van der Waals surface area contributed by atoms with Crippen LogP contribution in [0.1, 0.15) is 43.1 Å². The Morgan fingerprint density at radius 2 is 1.86 bits per heavy atom. The van der Waals surface area contributed by atoms with E-state index in [1.807, 2.05) is 6.07 Å². The highest BCUT2D eigenvalue weighted by Crippen LogP contribution is 2.42. The van der Waals surface area contributed by atoms with Crippen molar-refractivity contribution in [2.75, 3.05) is 0 Å². The van der Waals surface area contributed by atoms with Crippen molar-refractivity contribution in [2.45, 2.75) is 37.8 Å². The third-order valence-electron chi connectivity index (χ3n) is 5.33. The molecule has 1 aliphatic carbocycles. The standard InChI is InChI=1S/C20H16F3N5O/c21-20(22,23)13-5-3-12(4-6-13)18-27-16-2-1-9-25-17(16)19(29)28(18)15-8-7-14(10-24)26-11-15/h1-2,7-9,11-13H,3-6H2/t12-,13+. The third-order valence-corrected chi connectivity index (χ3v) is 5.33. The molecule has 3 heterocycles. The largest absolute Gasteiger partial charge is 0.391 e. The first kappa shape index (κ1) is 19.1. The molecule has 148 valence electrons. The van der Waals surface area contributed by atoms with E-state index in [0.29, 0.717) is 17.0 Å². The quantitative estimate of drug-likeness (QED) is 0.653. The molecule has 0 atom stereocenters. The lowest BCUT2D eigenvalue weighted by Gasteiger charge is -2.30. The zero-order chi connectivity index (χ0) is 20.6. The Balaban J connectivity index is 1.82. The smallest absolute Gasteiger partial charge is 0.266 e. The summed E-state index contributed by atoms with van der Waals surface area (Å²) in [7, 11) is 0. The normalized spacial score (nSPS) is 19.8. The molecular formula is C20H16F3N5O. The first-order valence-corrected chi connectivity index (χ1v) is 9.19. The number of pyridine rings is 2. The van der Waals surface area contributed by atoms with Crippen LogP contribution in [0.5, 0.6) is 0 Å². The van der Waals surface area contributed by atoms with Gasteiger partial charge in [0, 0.05) is 12.1 Å². The van der Waals surface area contributed by atoms with Gasteiger partial charge in [0.2, 0.25) is 0 Å². The molecule has 1 saturated carbocycles. The molecular weight excluding hydrogens is 383 g/mol. The van der Waals surface area contributed by atoms with Gasteiger partial charge in [-0.3, -0.25) is 9.36 Å². The summed E-state index contributed by atoms with van der Waals surface area (Å²) in [5.74, 6) is -1.21. The summed E-state index contributed by atoms with van der Waals surface area (Å²) in [6, 6.07) is 8.29.